The third kappa shape index (κ3) is 5.90. The molecule has 4 aliphatic heterocycles. The number of fused-ring (bicyclic) bond motifs is 3. The summed E-state index contributed by atoms with van der Waals surface area (Å²) in [5, 5.41) is 14.2. The van der Waals surface area contributed by atoms with Crippen molar-refractivity contribution in [1.82, 2.24) is 29.4 Å². The maximum Gasteiger partial charge on any atom is 0.410 e. The highest BCUT2D eigenvalue weighted by molar-refractivity contribution is 5.85. The summed E-state index contributed by atoms with van der Waals surface area (Å²) in [6.45, 7) is 9.95. The Bertz CT molecular complexity index is 1760. The Morgan fingerprint density at radius 3 is 2.50 bits per heavy atom. The zero-order valence-corrected chi connectivity index (χ0v) is 26.6. The van der Waals surface area contributed by atoms with Gasteiger partial charge < -0.3 is 24.0 Å². The van der Waals surface area contributed by atoms with Crippen molar-refractivity contribution in [3.8, 4) is 28.8 Å². The van der Waals surface area contributed by atoms with Crippen LogP contribution >= 0.6 is 0 Å². The number of rotatable bonds is 8. The van der Waals surface area contributed by atoms with Crippen molar-refractivity contribution < 1.29 is 19.0 Å². The normalized spacial score (nSPS) is 19.7. The summed E-state index contributed by atoms with van der Waals surface area (Å²) in [5.74, 6) is 2.42. The van der Waals surface area contributed by atoms with Gasteiger partial charge in [0.25, 0.3) is 0 Å². The number of amides is 1. The van der Waals surface area contributed by atoms with Crippen LogP contribution in [0.1, 0.15) is 38.3 Å². The van der Waals surface area contributed by atoms with E-state index in [4.69, 9.17) is 19.2 Å². The second kappa shape index (κ2) is 11.8. The molecule has 8 rings (SSSR count). The van der Waals surface area contributed by atoms with Crippen LogP contribution in [0.25, 0.3) is 16.6 Å². The number of piperazine rings is 1. The first-order chi connectivity index (χ1) is 22.2. The topological polar surface area (TPSA) is 121 Å². The maximum absolute atomic E-state index is 12.3. The highest BCUT2D eigenvalue weighted by Crippen LogP contribution is 2.37. The van der Waals surface area contributed by atoms with Crippen LogP contribution < -0.4 is 14.4 Å². The number of hydrogen-bond acceptors (Lipinski definition) is 10. The molecule has 12 heteroatoms. The standard InChI is InChI=1S/C34H38N8O4/c1-34(2,3)46-33(43)40-15-23(16-40)21-45-28-10-29(32-25(11-35)14-38-42(32)20-28)24-6-7-30(36-13-24)39-18-26-9-27(19-39)41(26)17-22-5-8-31(44-4)37-12-22/h5-8,10,12-14,20,23,26-27H,9,15-19,21H2,1-4H3. The molecule has 4 aromatic rings. The van der Waals surface area contributed by atoms with E-state index in [9.17, 15) is 10.1 Å². The lowest BCUT2D eigenvalue weighted by Crippen LogP contribution is -2.68. The third-order valence-corrected chi connectivity index (χ3v) is 8.90. The van der Waals surface area contributed by atoms with Gasteiger partial charge in [0.2, 0.25) is 5.88 Å². The van der Waals surface area contributed by atoms with E-state index in [1.165, 1.54) is 12.0 Å². The molecule has 2 atom stereocenters. The molecule has 238 valence electrons. The van der Waals surface area contributed by atoms with E-state index in [0.717, 1.165) is 36.6 Å². The van der Waals surface area contributed by atoms with Crippen molar-refractivity contribution in [2.24, 2.45) is 5.92 Å². The van der Waals surface area contributed by atoms with Crippen LogP contribution in [-0.2, 0) is 11.3 Å². The van der Waals surface area contributed by atoms with Crippen molar-refractivity contribution in [2.45, 2.75) is 51.4 Å². The first kappa shape index (κ1) is 29.8. The second-order valence-corrected chi connectivity index (χ2v) is 13.3. The molecule has 0 spiro atoms. The van der Waals surface area contributed by atoms with Crippen LogP contribution in [0.5, 0.6) is 11.6 Å². The highest BCUT2D eigenvalue weighted by atomic mass is 16.6. The highest BCUT2D eigenvalue weighted by Gasteiger charge is 2.44. The Balaban J connectivity index is 1.01. The van der Waals surface area contributed by atoms with Crippen LogP contribution in [0.4, 0.5) is 10.6 Å². The molecule has 12 nitrogen and oxygen atoms in total. The number of anilines is 1. The SMILES string of the molecule is COc1ccc(CN2C3CC2CN(c2ccc(-c4cc(OCC5CN(C(=O)OC(C)(C)C)C5)cn5ncc(C#N)c45)cn2)C3)cn1. The molecule has 4 saturated heterocycles. The number of carbonyl (C=O) groups excluding carboxylic acids is 1. The summed E-state index contributed by atoms with van der Waals surface area (Å²) in [4.78, 5) is 28.1. The van der Waals surface area contributed by atoms with E-state index in [2.05, 4.69) is 44.2 Å². The fourth-order valence-corrected chi connectivity index (χ4v) is 6.54. The first-order valence-corrected chi connectivity index (χ1v) is 15.7. The number of aromatic nitrogens is 4. The quantitative estimate of drug-likeness (QED) is 0.280. The predicted molar refractivity (Wildman–Crippen MR) is 171 cm³/mol. The van der Waals surface area contributed by atoms with Crippen molar-refractivity contribution in [3.05, 3.63) is 66.2 Å². The van der Waals surface area contributed by atoms with Crippen molar-refractivity contribution in [1.29, 1.82) is 5.26 Å². The Morgan fingerprint density at radius 2 is 1.85 bits per heavy atom. The number of carbonyl (C=O) groups is 1. The minimum absolute atomic E-state index is 0.208. The van der Waals surface area contributed by atoms with Crippen LogP contribution in [0.3, 0.4) is 0 Å². The molecule has 2 bridgehead atoms. The van der Waals surface area contributed by atoms with E-state index in [1.54, 1.807) is 28.9 Å². The summed E-state index contributed by atoms with van der Waals surface area (Å²) in [6.07, 6.45) is 8.03. The number of hydrogen-bond donors (Lipinski definition) is 0. The monoisotopic (exact) mass is 622 g/mol. The Hall–Kier alpha value is -4.89. The minimum Gasteiger partial charge on any atom is -0.492 e. The number of piperidine rings is 1. The molecule has 2 unspecified atom stereocenters. The fourth-order valence-electron chi connectivity index (χ4n) is 6.54. The van der Waals surface area contributed by atoms with Gasteiger partial charge in [-0.15, -0.1) is 0 Å². The predicted octanol–water partition coefficient (Wildman–Crippen LogP) is 4.38. The van der Waals surface area contributed by atoms with Crippen molar-refractivity contribution in [2.75, 3.05) is 44.8 Å². The molecule has 4 aromatic heterocycles. The lowest BCUT2D eigenvalue weighted by molar-refractivity contribution is -0.00879. The third-order valence-electron chi connectivity index (χ3n) is 8.90. The van der Waals surface area contributed by atoms with Crippen LogP contribution in [0.15, 0.2) is 55.1 Å². The van der Waals surface area contributed by atoms with E-state index >= 15 is 0 Å². The smallest absolute Gasteiger partial charge is 0.410 e. The average Bonchev–Trinajstić information content (AvgIpc) is 3.45. The number of pyridine rings is 3. The molecule has 0 radical (unpaired) electrons. The van der Waals surface area contributed by atoms with Gasteiger partial charge >= 0.3 is 6.09 Å². The Morgan fingerprint density at radius 1 is 1.04 bits per heavy atom. The molecule has 4 aliphatic rings. The van der Waals surface area contributed by atoms with Gasteiger partial charge in [0, 0.05) is 80.3 Å². The molecule has 1 amide bonds. The summed E-state index contributed by atoms with van der Waals surface area (Å²) in [7, 11) is 1.63. The van der Waals surface area contributed by atoms with E-state index in [0.29, 0.717) is 54.5 Å². The Labute approximate surface area is 268 Å². The minimum atomic E-state index is -0.518. The van der Waals surface area contributed by atoms with Gasteiger partial charge in [-0.1, -0.05) is 6.07 Å². The summed E-state index contributed by atoms with van der Waals surface area (Å²) in [6, 6.07) is 13.3. The van der Waals surface area contributed by atoms with Gasteiger partial charge in [0.1, 0.15) is 23.2 Å². The van der Waals surface area contributed by atoms with E-state index in [-0.39, 0.29) is 12.0 Å². The number of nitriles is 1. The average molecular weight is 623 g/mol. The van der Waals surface area contributed by atoms with Gasteiger partial charge in [0.15, 0.2) is 0 Å². The summed E-state index contributed by atoms with van der Waals surface area (Å²) >= 11 is 0. The van der Waals surface area contributed by atoms with Gasteiger partial charge in [-0.25, -0.2) is 19.3 Å². The number of likely N-dealkylation sites (tertiary alicyclic amines) is 1. The number of nitrogens with zero attached hydrogens (tertiary/aromatic N) is 8. The molecule has 4 fully saturated rings. The zero-order chi connectivity index (χ0) is 32.0. The molecule has 0 aromatic carbocycles. The fraction of sp³-hybridized carbons (Fsp3) is 0.441. The second-order valence-electron chi connectivity index (χ2n) is 13.3. The zero-order valence-electron chi connectivity index (χ0n) is 26.6. The van der Waals surface area contributed by atoms with Crippen molar-refractivity contribution in [3.63, 3.8) is 0 Å². The van der Waals surface area contributed by atoms with Crippen molar-refractivity contribution >= 4 is 17.4 Å². The molecule has 0 N–H and O–H groups in total. The van der Waals surface area contributed by atoms with Crippen LogP contribution in [-0.4, -0.2) is 93.1 Å². The molecule has 8 heterocycles. The number of ether oxygens (including phenoxy) is 3. The largest absolute Gasteiger partial charge is 0.492 e. The lowest BCUT2D eigenvalue weighted by Gasteiger charge is -2.56. The lowest BCUT2D eigenvalue weighted by atomic mass is 9.87. The summed E-state index contributed by atoms with van der Waals surface area (Å²) < 4.78 is 18.5. The molecule has 0 saturated carbocycles. The van der Waals surface area contributed by atoms with E-state index < -0.39 is 5.60 Å². The molecular formula is C34H38N8O4. The maximum atomic E-state index is 12.3. The Kier molecular flexibility index (Phi) is 7.64. The van der Waals surface area contributed by atoms with Crippen LogP contribution in [0, 0.1) is 17.2 Å². The van der Waals surface area contributed by atoms with Gasteiger partial charge in [-0.3, -0.25) is 4.90 Å². The van der Waals surface area contributed by atoms with Crippen LogP contribution in [0.2, 0.25) is 0 Å². The molecular weight excluding hydrogens is 584 g/mol. The van der Waals surface area contributed by atoms with Gasteiger partial charge in [-0.2, -0.15) is 10.4 Å². The van der Waals surface area contributed by atoms with Gasteiger partial charge in [0.05, 0.1) is 37.2 Å². The summed E-state index contributed by atoms with van der Waals surface area (Å²) in [5.41, 5.74) is 3.58. The van der Waals surface area contributed by atoms with Gasteiger partial charge in [-0.05, 0) is 51.0 Å². The number of methoxy groups -OCH3 is 1. The van der Waals surface area contributed by atoms with E-state index in [1.807, 2.05) is 45.3 Å². The first-order valence-electron chi connectivity index (χ1n) is 15.7. The molecule has 46 heavy (non-hydrogen) atoms. The molecule has 0 aliphatic carbocycles.